The van der Waals surface area contributed by atoms with Gasteiger partial charge < -0.3 is 61.9 Å². The minimum Gasteiger partial charge on any atom is -0.497 e. The Hall–Kier alpha value is -5.58. The molecule has 0 aromatic heterocycles. The number of aliphatic hydroxyl groups is 2. The van der Waals surface area contributed by atoms with E-state index in [4.69, 9.17) is 94.6 Å². The van der Waals surface area contributed by atoms with Crippen LogP contribution in [0, 0.1) is 0 Å². The van der Waals surface area contributed by atoms with Gasteiger partial charge in [0.1, 0.15) is 17.2 Å². The number of ether oxygens (including phenoxy) is 9. The van der Waals surface area contributed by atoms with Crippen LogP contribution in [0.2, 0.25) is 0 Å². The number of hydrogen-bond acceptors (Lipinski definition) is 25. The van der Waals surface area contributed by atoms with E-state index in [2.05, 4.69) is 84.4 Å². The molecule has 0 fully saturated rings. The van der Waals surface area contributed by atoms with Crippen molar-refractivity contribution in [3.8, 4) is 17.2 Å². The van der Waals surface area contributed by atoms with Gasteiger partial charge in [-0.2, -0.15) is 0 Å². The minimum absolute atomic E-state index is 0.0194. The zero-order valence-corrected chi connectivity index (χ0v) is 73.7. The number of unbranched alkanes of at least 4 members (excludes halogenated alkanes) is 12. The maximum atomic E-state index is 13.6. The van der Waals surface area contributed by atoms with Crippen LogP contribution in [0.5, 0.6) is 17.2 Å². The summed E-state index contributed by atoms with van der Waals surface area (Å²) in [5, 5.41) is 27.2. The second kappa shape index (κ2) is 74.5. The van der Waals surface area contributed by atoms with Gasteiger partial charge in [-0.05, 0) is 142 Å². The summed E-state index contributed by atoms with van der Waals surface area (Å²) in [4.78, 5) is 8.80. The highest BCUT2D eigenvalue weighted by molar-refractivity contribution is 7.48. The van der Waals surface area contributed by atoms with Crippen LogP contribution in [0.1, 0.15) is 199 Å². The first-order chi connectivity index (χ1) is 56.4. The molecule has 116 heavy (non-hydrogen) atoms. The fraction of sp³-hybridized carbons (Fsp3) is 0.707. The molecular formula is C82H141N10O21P3. The Morgan fingerprint density at radius 1 is 0.422 bits per heavy atom. The first-order valence-corrected chi connectivity index (χ1v) is 45.0. The fourth-order valence-corrected chi connectivity index (χ4v) is 14.3. The van der Waals surface area contributed by atoms with E-state index in [0.29, 0.717) is 65.5 Å². The molecule has 34 heteroatoms. The third-order valence-electron chi connectivity index (χ3n) is 17.5. The molecule has 9 atom stereocenters. The Balaban J connectivity index is 0.00000130. The van der Waals surface area contributed by atoms with Gasteiger partial charge in [-0.1, -0.05) is 187 Å². The molecule has 2 N–H and O–H groups in total. The van der Waals surface area contributed by atoms with E-state index in [1.807, 2.05) is 84.5 Å². The van der Waals surface area contributed by atoms with Crippen LogP contribution in [0.25, 0.3) is 31.3 Å². The quantitative estimate of drug-likeness (QED) is 0.0132. The maximum absolute atomic E-state index is 13.6. The largest absolute Gasteiger partial charge is 0.497 e. The number of azide groups is 3. The monoisotopic (exact) mass is 1690 g/mol. The first kappa shape index (κ1) is 108. The summed E-state index contributed by atoms with van der Waals surface area (Å²) >= 11 is 0. The highest BCUT2D eigenvalue weighted by Gasteiger charge is 2.31. The lowest BCUT2D eigenvalue weighted by molar-refractivity contribution is 0.00212. The smallest absolute Gasteiger partial charge is 0.475 e. The SMILES string of the molecule is C=CCOP(=O)(OCCCOP(=O)(OCC=C)OCC(COCC[C@@H](CCCCCCC)OCc1ccc(OC)cc1)N=[N+]=[N-])OCC(COCC[C@@H](CCCCCCC)OCc1ccc(OC)cc1)N=[N+]=[N-].C=CCOP(OCC(COCC[C@@H](CCCCCCC)OCc1ccc(OC)cc1)N=[N+]=[N-])N(C)C(C)C.OCCCO. The molecule has 6 unspecified atom stereocenters. The van der Waals surface area contributed by atoms with Crippen LogP contribution < -0.4 is 14.2 Å². The van der Waals surface area contributed by atoms with Gasteiger partial charge in [-0.3, -0.25) is 27.1 Å². The molecule has 660 valence electrons. The van der Waals surface area contributed by atoms with Gasteiger partial charge in [0, 0.05) is 53.8 Å². The molecule has 0 heterocycles. The van der Waals surface area contributed by atoms with Gasteiger partial charge in [0.15, 0.2) is 0 Å². The van der Waals surface area contributed by atoms with Crippen molar-refractivity contribution >= 4 is 24.2 Å². The molecule has 0 saturated heterocycles. The predicted octanol–water partition coefficient (Wildman–Crippen LogP) is 21.3. The predicted molar refractivity (Wildman–Crippen MR) is 457 cm³/mol. The number of aliphatic hydroxyl groups excluding tert-OH is 2. The number of phosphoric acid groups is 2. The normalized spacial score (nSPS) is 14.1. The molecule has 3 aromatic carbocycles. The molecule has 0 aliphatic rings. The summed E-state index contributed by atoms with van der Waals surface area (Å²) in [5.74, 6) is 2.39. The van der Waals surface area contributed by atoms with Crippen molar-refractivity contribution in [2.45, 2.75) is 245 Å². The summed E-state index contributed by atoms with van der Waals surface area (Å²) in [6.07, 6.45) is 27.3. The minimum atomic E-state index is -4.23. The Bertz CT molecular complexity index is 2990. The van der Waals surface area contributed by atoms with Crippen LogP contribution in [-0.2, 0) is 93.6 Å². The van der Waals surface area contributed by atoms with Gasteiger partial charge in [0.25, 0.3) is 8.53 Å². The standard InChI is InChI=1S/C51H84N6O14P2.C28H49N4O5P.C3H8O2/c1-7-11-13-15-17-20-50(64-38-44-22-26-48(60-5)27-23-44)30-36-62-40-46(54-56-52)42-70-72(58,66-32-9-3)68-34-19-35-69-73(59,67-33-10-4)71-43-47(55-57-53)41-63-37-31-51(21-18-16-14-12-8-2)65-39-45-24-28-49(61-6)29-25-45;1-7-9-10-11-12-13-28(35-21-25-14-16-27(33-6)17-15-25)18-20-34-22-26(30-31-29)23-37-38(36-19-8-2)32(5)24(3)4;4-2-1-3-5/h9-10,22-29,46-47,50-51H,3-4,7-8,11-21,30-43H2,1-2,5-6H3;8,14-17,24,26,28H,2,7,9-13,18-23H2,1,3-6H3;4-5H,1-3H2/t46?,47?,50-,51-,72?,73?;26?,28-,38?;/m11./s1. The molecule has 0 aliphatic heterocycles. The van der Waals surface area contributed by atoms with Crippen molar-refractivity contribution in [3.63, 3.8) is 0 Å². The summed E-state index contributed by atoms with van der Waals surface area (Å²) in [6.45, 7) is 23.8. The van der Waals surface area contributed by atoms with Gasteiger partial charge in [-0.25, -0.2) is 13.8 Å². The third-order valence-corrected chi connectivity index (χ3v) is 22.1. The summed E-state index contributed by atoms with van der Waals surface area (Å²) in [7, 11) is -2.87. The molecule has 31 nitrogen and oxygen atoms in total. The van der Waals surface area contributed by atoms with Gasteiger partial charge in [0.05, 0.1) is 150 Å². The Morgan fingerprint density at radius 2 is 0.750 bits per heavy atom. The van der Waals surface area contributed by atoms with Crippen LogP contribution in [-0.4, -0.2) is 191 Å². The van der Waals surface area contributed by atoms with Crippen molar-refractivity contribution in [3.05, 3.63) is 159 Å². The third kappa shape index (κ3) is 57.6. The van der Waals surface area contributed by atoms with Crippen LogP contribution in [0.15, 0.2) is 126 Å². The van der Waals surface area contributed by atoms with E-state index < -0.39 is 42.3 Å². The van der Waals surface area contributed by atoms with Crippen LogP contribution in [0.3, 0.4) is 0 Å². The Labute approximate surface area is 693 Å². The number of methoxy groups -OCH3 is 3. The Morgan fingerprint density at radius 3 is 1.03 bits per heavy atom. The highest BCUT2D eigenvalue weighted by Crippen LogP contribution is 2.52. The summed E-state index contributed by atoms with van der Waals surface area (Å²) < 4.78 is 127. The molecule has 0 radical (unpaired) electrons. The molecule has 0 spiro atoms. The topological polar surface area (TPSA) is 381 Å². The van der Waals surface area contributed by atoms with E-state index in [-0.39, 0.29) is 110 Å². The molecular weight excluding hydrogens is 1550 g/mol. The summed E-state index contributed by atoms with van der Waals surface area (Å²) in [5.41, 5.74) is 30.8. The lowest BCUT2D eigenvalue weighted by atomic mass is 10.1. The lowest BCUT2D eigenvalue weighted by Gasteiger charge is -2.29. The lowest BCUT2D eigenvalue weighted by Crippen LogP contribution is -2.26. The van der Waals surface area contributed by atoms with E-state index in [1.165, 1.54) is 76.4 Å². The summed E-state index contributed by atoms with van der Waals surface area (Å²) in [6, 6.07) is 21.6. The van der Waals surface area contributed by atoms with Crippen molar-refractivity contribution in [2.75, 3.05) is 134 Å². The number of rotatable bonds is 76. The van der Waals surface area contributed by atoms with E-state index >= 15 is 0 Å². The molecule has 0 bridgehead atoms. The average Bonchev–Trinajstić information content (AvgIpc) is 0.928. The second-order valence-electron chi connectivity index (χ2n) is 27.4. The van der Waals surface area contributed by atoms with Crippen molar-refractivity contribution in [2.24, 2.45) is 15.3 Å². The first-order valence-electron chi connectivity index (χ1n) is 40.9. The zero-order chi connectivity index (χ0) is 85.2. The fourth-order valence-electron chi connectivity index (χ4n) is 10.6. The Kier molecular flexibility index (Phi) is 69.6. The zero-order valence-electron chi connectivity index (χ0n) is 71.0. The van der Waals surface area contributed by atoms with E-state index in [1.54, 1.807) is 27.4 Å². The second-order valence-corrected chi connectivity index (χ2v) is 32.3. The van der Waals surface area contributed by atoms with Gasteiger partial charge in [-0.15, -0.1) is 19.7 Å². The van der Waals surface area contributed by atoms with Gasteiger partial charge >= 0.3 is 15.6 Å². The van der Waals surface area contributed by atoms with E-state index in [0.717, 1.165) is 91.7 Å². The molecule has 0 amide bonds. The molecule has 0 saturated carbocycles. The maximum Gasteiger partial charge on any atom is 0.475 e. The van der Waals surface area contributed by atoms with Crippen LogP contribution >= 0.6 is 24.2 Å². The van der Waals surface area contributed by atoms with Gasteiger partial charge in [0.2, 0.25) is 0 Å². The van der Waals surface area contributed by atoms with Crippen LogP contribution in [0.4, 0.5) is 0 Å². The molecule has 3 rings (SSSR count). The number of hydrogen-bond donors (Lipinski definition) is 2. The molecule has 0 aliphatic carbocycles. The highest BCUT2D eigenvalue weighted by atomic mass is 31.2. The number of benzene rings is 3. The number of nitrogens with zero attached hydrogens (tertiary/aromatic N) is 10. The van der Waals surface area contributed by atoms with Crippen molar-refractivity contribution < 1.29 is 98.2 Å². The van der Waals surface area contributed by atoms with E-state index in [9.17, 15) is 20.2 Å². The number of phosphoric ester groups is 2. The average molecular weight is 1700 g/mol. The molecule has 3 aromatic rings. The van der Waals surface area contributed by atoms with Crippen molar-refractivity contribution in [1.82, 2.24) is 4.67 Å². The van der Waals surface area contributed by atoms with Crippen molar-refractivity contribution in [1.29, 1.82) is 0 Å².